The van der Waals surface area contributed by atoms with E-state index in [1.54, 1.807) is 0 Å². The lowest BCUT2D eigenvalue weighted by Gasteiger charge is -2.46. The fraction of sp³-hybridized carbons (Fsp3) is 0.720. The number of aryl methyl sites for hydroxylation is 1. The zero-order valence-corrected chi connectivity index (χ0v) is 19.7. The van der Waals surface area contributed by atoms with Crippen LogP contribution >= 0.6 is 12.4 Å². The maximum absolute atomic E-state index is 13.1. The van der Waals surface area contributed by atoms with Crippen LogP contribution in [0.3, 0.4) is 0 Å². The zero-order chi connectivity index (χ0) is 20.3. The molecule has 30 heavy (non-hydrogen) atoms. The molecular weight excluding hydrogens is 394 g/mol. The van der Waals surface area contributed by atoms with Gasteiger partial charge in [-0.1, -0.05) is 62.6 Å². The zero-order valence-electron chi connectivity index (χ0n) is 18.9. The molecule has 1 saturated carbocycles. The highest BCUT2D eigenvalue weighted by atomic mass is 35.5. The Labute approximate surface area is 189 Å². The Morgan fingerprint density at radius 1 is 0.900 bits per heavy atom. The van der Waals surface area contributed by atoms with Crippen molar-refractivity contribution in [2.45, 2.75) is 102 Å². The number of carbonyl (C=O) groups excluding carboxylic acids is 1. The van der Waals surface area contributed by atoms with Crippen LogP contribution in [-0.4, -0.2) is 41.6 Å². The van der Waals surface area contributed by atoms with Crippen LogP contribution in [0.5, 0.6) is 0 Å². The molecule has 4 nitrogen and oxygen atoms in total. The van der Waals surface area contributed by atoms with Crippen molar-refractivity contribution in [1.82, 2.24) is 10.2 Å². The summed E-state index contributed by atoms with van der Waals surface area (Å²) in [5, 5.41) is 3.24. The molecule has 0 bridgehead atoms. The summed E-state index contributed by atoms with van der Waals surface area (Å²) in [7, 11) is 0. The molecule has 1 atom stereocenters. The third kappa shape index (κ3) is 4.80. The van der Waals surface area contributed by atoms with Crippen LogP contribution < -0.4 is 10.2 Å². The van der Waals surface area contributed by atoms with E-state index in [-0.39, 0.29) is 30.0 Å². The normalized spacial score (nSPS) is 26.3. The van der Waals surface area contributed by atoms with Crippen molar-refractivity contribution >= 4 is 24.0 Å². The Morgan fingerprint density at radius 3 is 2.00 bits per heavy atom. The van der Waals surface area contributed by atoms with E-state index in [0.717, 1.165) is 32.0 Å². The molecule has 0 unspecified atom stereocenters. The first-order valence-corrected chi connectivity index (χ1v) is 12.0. The van der Waals surface area contributed by atoms with Crippen molar-refractivity contribution in [3.63, 3.8) is 0 Å². The third-order valence-corrected chi connectivity index (χ3v) is 7.64. The topological polar surface area (TPSA) is 35.6 Å². The van der Waals surface area contributed by atoms with Crippen LogP contribution in [0.2, 0.25) is 0 Å². The van der Waals surface area contributed by atoms with E-state index in [4.69, 9.17) is 0 Å². The number of anilines is 1. The predicted molar refractivity (Wildman–Crippen MR) is 127 cm³/mol. The van der Waals surface area contributed by atoms with Crippen LogP contribution in [0.25, 0.3) is 0 Å². The number of amides is 1. The molecular formula is C25H40ClN3O. The Morgan fingerprint density at radius 2 is 1.43 bits per heavy atom. The van der Waals surface area contributed by atoms with E-state index in [9.17, 15) is 4.79 Å². The van der Waals surface area contributed by atoms with E-state index in [2.05, 4.69) is 53.2 Å². The first-order valence-electron chi connectivity index (χ1n) is 12.0. The second kappa shape index (κ2) is 10.4. The molecule has 1 aromatic carbocycles. The van der Waals surface area contributed by atoms with Crippen LogP contribution in [0, 0.1) is 6.92 Å². The number of nitrogens with one attached hydrogen (secondary N) is 1. The number of halogens is 1. The smallest absolute Gasteiger partial charge is 0.247 e. The van der Waals surface area contributed by atoms with Crippen molar-refractivity contribution in [2.24, 2.45) is 0 Å². The summed E-state index contributed by atoms with van der Waals surface area (Å²) in [4.78, 5) is 18.2. The number of benzene rings is 1. The molecule has 1 aliphatic carbocycles. The largest absolute Gasteiger partial charge is 0.337 e. The molecule has 3 fully saturated rings. The van der Waals surface area contributed by atoms with Crippen molar-refractivity contribution in [3.05, 3.63) is 29.8 Å². The van der Waals surface area contributed by atoms with Gasteiger partial charge in [0.15, 0.2) is 0 Å². The van der Waals surface area contributed by atoms with Gasteiger partial charge in [-0.25, -0.2) is 0 Å². The predicted octanol–water partition coefficient (Wildman–Crippen LogP) is 5.43. The highest BCUT2D eigenvalue weighted by molar-refractivity contribution is 5.94. The minimum Gasteiger partial charge on any atom is -0.337 e. The number of likely N-dealkylation sites (tertiary alicyclic amines) is 1. The average molecular weight is 434 g/mol. The second-order valence-electron chi connectivity index (χ2n) is 9.63. The lowest BCUT2D eigenvalue weighted by Crippen LogP contribution is -2.58. The molecule has 1 aromatic rings. The summed E-state index contributed by atoms with van der Waals surface area (Å²) in [5.74, 6) is 0.233. The molecule has 2 heterocycles. The number of nitrogens with zero attached hydrogens (tertiary/aromatic N) is 2. The average Bonchev–Trinajstić information content (AvgIpc) is 2.97. The SMILES string of the molecule is Cc1ccc(N2[C@H](C)NC(=O)C23CCN(C2CCCCCCCCC2)CC3)cc1.Cl. The molecule has 1 N–H and O–H groups in total. The van der Waals surface area contributed by atoms with Crippen molar-refractivity contribution in [1.29, 1.82) is 0 Å². The molecule has 1 spiro atoms. The number of piperidine rings is 1. The summed E-state index contributed by atoms with van der Waals surface area (Å²) in [6, 6.07) is 9.41. The Kier molecular flexibility index (Phi) is 8.09. The van der Waals surface area contributed by atoms with Crippen LogP contribution in [0.1, 0.15) is 83.1 Å². The number of hydrogen-bond acceptors (Lipinski definition) is 3. The summed E-state index contributed by atoms with van der Waals surface area (Å²) >= 11 is 0. The van der Waals surface area contributed by atoms with Crippen molar-refractivity contribution in [3.8, 4) is 0 Å². The molecule has 5 heteroatoms. The van der Waals surface area contributed by atoms with Gasteiger partial charge in [0.05, 0.1) is 6.17 Å². The van der Waals surface area contributed by atoms with E-state index in [0.29, 0.717) is 0 Å². The third-order valence-electron chi connectivity index (χ3n) is 7.64. The van der Waals surface area contributed by atoms with Gasteiger partial charge in [-0.15, -0.1) is 12.4 Å². The number of carbonyl (C=O) groups is 1. The highest BCUT2D eigenvalue weighted by Gasteiger charge is 2.53. The van der Waals surface area contributed by atoms with E-state index in [1.807, 2.05) is 0 Å². The summed E-state index contributed by atoms with van der Waals surface area (Å²) in [6.45, 7) is 6.34. The summed E-state index contributed by atoms with van der Waals surface area (Å²) < 4.78 is 0. The highest BCUT2D eigenvalue weighted by Crippen LogP contribution is 2.39. The van der Waals surface area contributed by atoms with Gasteiger partial charge >= 0.3 is 0 Å². The molecule has 0 radical (unpaired) electrons. The molecule has 3 aliphatic rings. The summed E-state index contributed by atoms with van der Waals surface area (Å²) in [6.07, 6.45) is 14.4. The van der Waals surface area contributed by atoms with Gasteiger partial charge < -0.3 is 15.1 Å². The number of hydrogen-bond donors (Lipinski definition) is 1. The second-order valence-corrected chi connectivity index (χ2v) is 9.63. The van der Waals surface area contributed by atoms with Gasteiger partial charge in [-0.3, -0.25) is 4.79 Å². The van der Waals surface area contributed by atoms with Gasteiger partial charge in [0.2, 0.25) is 5.91 Å². The monoisotopic (exact) mass is 433 g/mol. The van der Waals surface area contributed by atoms with Crippen LogP contribution in [0.4, 0.5) is 5.69 Å². The lowest BCUT2D eigenvalue weighted by atomic mass is 9.84. The van der Waals surface area contributed by atoms with Gasteiger partial charge in [-0.2, -0.15) is 0 Å². The Bertz CT molecular complexity index is 674. The Hall–Kier alpha value is -1.26. The molecule has 2 aliphatic heterocycles. The van der Waals surface area contributed by atoms with E-state index >= 15 is 0 Å². The molecule has 0 aromatic heterocycles. The Balaban J connectivity index is 0.00000256. The maximum atomic E-state index is 13.1. The fourth-order valence-corrected chi connectivity index (χ4v) is 5.93. The van der Waals surface area contributed by atoms with Gasteiger partial charge in [0.1, 0.15) is 5.54 Å². The molecule has 1 amide bonds. The molecule has 168 valence electrons. The minimum atomic E-state index is -0.374. The first-order chi connectivity index (χ1) is 14.1. The minimum absolute atomic E-state index is 0. The van der Waals surface area contributed by atoms with Crippen molar-refractivity contribution in [2.75, 3.05) is 18.0 Å². The van der Waals surface area contributed by atoms with Gasteiger partial charge in [0, 0.05) is 24.8 Å². The lowest BCUT2D eigenvalue weighted by molar-refractivity contribution is -0.125. The van der Waals surface area contributed by atoms with Gasteiger partial charge in [-0.05, 0) is 51.7 Å². The van der Waals surface area contributed by atoms with Crippen LogP contribution in [0.15, 0.2) is 24.3 Å². The quantitative estimate of drug-likeness (QED) is 0.675. The van der Waals surface area contributed by atoms with Crippen molar-refractivity contribution < 1.29 is 4.79 Å². The van der Waals surface area contributed by atoms with Crippen LogP contribution in [-0.2, 0) is 4.79 Å². The fourth-order valence-electron chi connectivity index (χ4n) is 5.93. The number of rotatable bonds is 2. The first kappa shape index (κ1) is 23.4. The summed E-state index contributed by atoms with van der Waals surface area (Å²) in [5.41, 5.74) is 2.06. The standard InChI is InChI=1S/C25H39N3O.ClH/c1-20-12-14-23(15-13-20)28-21(2)26-24(29)25(28)16-18-27(19-17-25)22-10-8-6-4-3-5-7-9-11-22;/h12-15,21-22H,3-11,16-19H2,1-2H3,(H,26,29);1H/t21-;/m1./s1. The molecule has 2 saturated heterocycles. The van der Waals surface area contributed by atoms with E-state index < -0.39 is 0 Å². The molecule has 4 rings (SSSR count). The van der Waals surface area contributed by atoms with Gasteiger partial charge in [0.25, 0.3) is 0 Å². The van der Waals surface area contributed by atoms with E-state index in [1.165, 1.54) is 69.0 Å². The maximum Gasteiger partial charge on any atom is 0.247 e.